The molecule has 0 atom stereocenters. The first-order chi connectivity index (χ1) is 9.71. The van der Waals surface area contributed by atoms with Gasteiger partial charge in [-0.05, 0) is 37.6 Å². The van der Waals surface area contributed by atoms with Crippen LogP contribution in [-0.2, 0) is 14.8 Å². The molecule has 0 aliphatic carbocycles. The van der Waals surface area contributed by atoms with E-state index in [4.69, 9.17) is 9.47 Å². The van der Waals surface area contributed by atoms with Crippen LogP contribution in [0.4, 0.5) is 0 Å². The van der Waals surface area contributed by atoms with Crippen molar-refractivity contribution in [3.8, 4) is 11.5 Å². The molecule has 1 rings (SSSR count). The number of carbonyl (C=O) groups is 1. The smallest absolute Gasteiger partial charge is 0.257 e. The average molecular weight is 313 g/mol. The molecule has 0 aromatic heterocycles. The second-order valence-corrected chi connectivity index (χ2v) is 6.40. The summed E-state index contributed by atoms with van der Waals surface area (Å²) >= 11 is 0. The second-order valence-electron chi connectivity index (χ2n) is 4.65. The van der Waals surface area contributed by atoms with E-state index in [1.165, 1.54) is 13.2 Å². The predicted molar refractivity (Wildman–Crippen MR) is 80.8 cm³/mol. The van der Waals surface area contributed by atoms with Crippen LogP contribution < -0.4 is 14.2 Å². The van der Waals surface area contributed by atoms with Gasteiger partial charge in [0.1, 0.15) is 0 Å². The molecule has 0 saturated carbocycles. The van der Waals surface area contributed by atoms with Gasteiger partial charge in [0.15, 0.2) is 11.5 Å². The van der Waals surface area contributed by atoms with E-state index in [1.54, 1.807) is 18.2 Å². The molecule has 0 spiro atoms. The molecule has 1 N–H and O–H groups in total. The van der Waals surface area contributed by atoms with Crippen LogP contribution >= 0.6 is 0 Å². The Bertz CT molecular complexity index is 635. The van der Waals surface area contributed by atoms with Crippen LogP contribution in [0.1, 0.15) is 19.4 Å². The molecule has 0 radical (unpaired) electrons. The number of benzene rings is 1. The van der Waals surface area contributed by atoms with Gasteiger partial charge in [0.2, 0.25) is 10.0 Å². The molecule has 0 aliphatic rings. The maximum atomic E-state index is 11.4. The number of hydrogen-bond acceptors (Lipinski definition) is 5. The van der Waals surface area contributed by atoms with Crippen molar-refractivity contribution in [2.75, 3.05) is 13.4 Å². The van der Waals surface area contributed by atoms with Crippen molar-refractivity contribution in [3.63, 3.8) is 0 Å². The molecule has 6 nitrogen and oxygen atoms in total. The normalized spacial score (nSPS) is 11.7. The molecule has 0 heterocycles. The van der Waals surface area contributed by atoms with Gasteiger partial charge in [0.25, 0.3) is 5.91 Å². The van der Waals surface area contributed by atoms with Crippen LogP contribution in [0.15, 0.2) is 24.3 Å². The minimum absolute atomic E-state index is 0.0147. The lowest BCUT2D eigenvalue weighted by molar-refractivity contribution is -0.114. The summed E-state index contributed by atoms with van der Waals surface area (Å²) in [5.74, 6) is 0.429. The standard InChI is InChI=1S/C14H19NO5S/c1-10(2)20-12-7-5-11(9-13(12)19-3)6-8-14(16)15-21(4,17)18/h5-10H,1-4H3,(H,15,16)/b8-6+. The zero-order valence-electron chi connectivity index (χ0n) is 12.4. The van der Waals surface area contributed by atoms with Crippen LogP contribution in [0, 0.1) is 0 Å². The van der Waals surface area contributed by atoms with Crippen molar-refractivity contribution in [1.82, 2.24) is 4.72 Å². The molecule has 1 amide bonds. The van der Waals surface area contributed by atoms with Gasteiger partial charge in [-0.25, -0.2) is 13.1 Å². The van der Waals surface area contributed by atoms with Gasteiger partial charge in [-0.15, -0.1) is 0 Å². The van der Waals surface area contributed by atoms with E-state index in [1.807, 2.05) is 18.6 Å². The number of amides is 1. The Hall–Kier alpha value is -2.02. The molecule has 0 fully saturated rings. The number of nitrogens with one attached hydrogen (secondary N) is 1. The fraction of sp³-hybridized carbons (Fsp3) is 0.357. The monoisotopic (exact) mass is 313 g/mol. The quantitative estimate of drug-likeness (QED) is 0.806. The van der Waals surface area contributed by atoms with Crippen molar-refractivity contribution < 1.29 is 22.7 Å². The van der Waals surface area contributed by atoms with Gasteiger partial charge in [0, 0.05) is 6.08 Å². The molecule has 0 saturated heterocycles. The van der Waals surface area contributed by atoms with E-state index in [2.05, 4.69) is 0 Å². The second kappa shape index (κ2) is 7.12. The minimum Gasteiger partial charge on any atom is -0.493 e. The van der Waals surface area contributed by atoms with Crippen molar-refractivity contribution in [1.29, 1.82) is 0 Å². The summed E-state index contributed by atoms with van der Waals surface area (Å²) in [5, 5.41) is 0. The molecular weight excluding hydrogens is 294 g/mol. The molecule has 116 valence electrons. The van der Waals surface area contributed by atoms with Crippen molar-refractivity contribution in [3.05, 3.63) is 29.8 Å². The lowest BCUT2D eigenvalue weighted by atomic mass is 10.2. The Morgan fingerprint density at radius 2 is 1.95 bits per heavy atom. The SMILES string of the molecule is COc1cc(/C=C/C(=O)NS(C)(=O)=O)ccc1OC(C)C. The summed E-state index contributed by atoms with van der Waals surface area (Å²) < 4.78 is 34.4. The number of rotatable bonds is 6. The van der Waals surface area contributed by atoms with Gasteiger partial charge < -0.3 is 9.47 Å². The van der Waals surface area contributed by atoms with E-state index >= 15 is 0 Å². The summed E-state index contributed by atoms with van der Waals surface area (Å²) in [5.41, 5.74) is 0.687. The first-order valence-corrected chi connectivity index (χ1v) is 8.15. The lowest BCUT2D eigenvalue weighted by Gasteiger charge is -2.13. The Morgan fingerprint density at radius 1 is 1.29 bits per heavy atom. The van der Waals surface area contributed by atoms with Crippen molar-refractivity contribution in [2.45, 2.75) is 20.0 Å². The number of methoxy groups -OCH3 is 1. The highest BCUT2D eigenvalue weighted by atomic mass is 32.2. The Balaban J connectivity index is 2.88. The Kier molecular flexibility index (Phi) is 5.78. The van der Waals surface area contributed by atoms with Crippen molar-refractivity contribution in [2.24, 2.45) is 0 Å². The predicted octanol–water partition coefficient (Wildman–Crippen LogP) is 1.57. The number of carbonyl (C=O) groups excluding carboxylic acids is 1. The molecule has 1 aromatic rings. The number of ether oxygens (including phenoxy) is 2. The summed E-state index contributed by atoms with van der Waals surface area (Å²) in [6.45, 7) is 3.81. The van der Waals surface area contributed by atoms with Crippen LogP contribution in [0.3, 0.4) is 0 Å². The Labute approximate surface area is 124 Å². The third kappa shape index (κ3) is 6.31. The highest BCUT2D eigenvalue weighted by molar-refractivity contribution is 7.89. The fourth-order valence-corrected chi connectivity index (χ4v) is 1.96. The largest absolute Gasteiger partial charge is 0.493 e. The summed E-state index contributed by atoms with van der Waals surface area (Å²) in [4.78, 5) is 11.4. The topological polar surface area (TPSA) is 81.7 Å². The molecular formula is C14H19NO5S. The third-order valence-corrected chi connectivity index (χ3v) is 2.84. The van der Waals surface area contributed by atoms with Gasteiger partial charge in [-0.2, -0.15) is 0 Å². The van der Waals surface area contributed by atoms with Gasteiger partial charge in [-0.1, -0.05) is 6.07 Å². The molecule has 0 aliphatic heterocycles. The molecule has 0 bridgehead atoms. The molecule has 0 unspecified atom stereocenters. The zero-order valence-corrected chi connectivity index (χ0v) is 13.2. The molecule has 21 heavy (non-hydrogen) atoms. The van der Waals surface area contributed by atoms with Crippen molar-refractivity contribution >= 4 is 22.0 Å². The van der Waals surface area contributed by atoms with E-state index < -0.39 is 15.9 Å². The molecule has 1 aromatic carbocycles. The van der Waals surface area contributed by atoms with E-state index in [9.17, 15) is 13.2 Å². The highest BCUT2D eigenvalue weighted by Crippen LogP contribution is 2.29. The number of hydrogen-bond donors (Lipinski definition) is 1. The van der Waals surface area contributed by atoms with Crippen LogP contribution in [0.5, 0.6) is 11.5 Å². The van der Waals surface area contributed by atoms with Crippen LogP contribution in [-0.4, -0.2) is 33.8 Å². The Morgan fingerprint density at radius 3 is 2.48 bits per heavy atom. The fourth-order valence-electron chi connectivity index (χ4n) is 1.53. The van der Waals surface area contributed by atoms with Gasteiger partial charge >= 0.3 is 0 Å². The van der Waals surface area contributed by atoms with Crippen LogP contribution in [0.25, 0.3) is 6.08 Å². The zero-order chi connectivity index (χ0) is 16.0. The van der Waals surface area contributed by atoms with Crippen LogP contribution in [0.2, 0.25) is 0 Å². The average Bonchev–Trinajstić information content (AvgIpc) is 2.34. The first-order valence-electron chi connectivity index (χ1n) is 6.26. The summed E-state index contributed by atoms with van der Waals surface area (Å²) in [6.07, 6.45) is 3.56. The van der Waals surface area contributed by atoms with Gasteiger partial charge in [0.05, 0.1) is 19.5 Å². The van der Waals surface area contributed by atoms with E-state index in [0.29, 0.717) is 17.1 Å². The first kappa shape index (κ1) is 17.0. The third-order valence-electron chi connectivity index (χ3n) is 2.26. The highest BCUT2D eigenvalue weighted by Gasteiger charge is 2.07. The maximum Gasteiger partial charge on any atom is 0.257 e. The molecule has 7 heteroatoms. The summed E-state index contributed by atoms with van der Waals surface area (Å²) in [7, 11) is -2.04. The summed E-state index contributed by atoms with van der Waals surface area (Å²) in [6, 6.07) is 5.17. The lowest BCUT2D eigenvalue weighted by Crippen LogP contribution is -2.27. The van der Waals surface area contributed by atoms with E-state index in [0.717, 1.165) is 12.3 Å². The minimum atomic E-state index is -3.56. The van der Waals surface area contributed by atoms with E-state index in [-0.39, 0.29) is 6.10 Å². The number of sulfonamides is 1. The van der Waals surface area contributed by atoms with Gasteiger partial charge in [-0.3, -0.25) is 4.79 Å². The maximum absolute atomic E-state index is 11.4.